The Hall–Kier alpha value is 0.270. The Bertz CT molecular complexity index is 246. The topological polar surface area (TPSA) is 44.8 Å². The number of alkyl halides is 1. The lowest BCUT2D eigenvalue weighted by Crippen LogP contribution is -2.02. The number of phosphoric acid groups is 1. The van der Waals surface area contributed by atoms with Crippen molar-refractivity contribution in [3.05, 3.63) is 11.3 Å². The van der Waals surface area contributed by atoms with Gasteiger partial charge in [-0.15, -0.1) is 11.6 Å². The van der Waals surface area contributed by atoms with Crippen molar-refractivity contribution in [2.45, 2.75) is 26.7 Å². The number of hydrogen-bond acceptors (Lipinski definition) is 4. The number of halogens is 2. The zero-order chi connectivity index (χ0) is 12.4. The van der Waals surface area contributed by atoms with Gasteiger partial charge in [0, 0.05) is 5.54 Å². The molecule has 0 radical (unpaired) electrons. The largest absolute Gasteiger partial charge is 0.529 e. The highest BCUT2D eigenvalue weighted by molar-refractivity contribution is 7.48. The fraction of sp³-hybridized carbons (Fsp3) is 0.778. The fourth-order valence-corrected chi connectivity index (χ4v) is 2.58. The molecule has 0 aromatic rings. The van der Waals surface area contributed by atoms with Gasteiger partial charge in [-0.3, -0.25) is 9.05 Å². The maximum absolute atomic E-state index is 12.0. The highest BCUT2D eigenvalue weighted by atomic mass is 35.5. The van der Waals surface area contributed by atoms with E-state index < -0.39 is 7.82 Å². The maximum atomic E-state index is 12.0. The molecule has 0 amide bonds. The molecule has 0 aliphatic heterocycles. The highest BCUT2D eigenvalue weighted by Gasteiger charge is 2.28. The molecule has 0 aromatic carbocycles. The van der Waals surface area contributed by atoms with Gasteiger partial charge in [-0.25, -0.2) is 4.57 Å². The normalized spacial score (nSPS) is 12.9. The van der Waals surface area contributed by atoms with Crippen molar-refractivity contribution >= 4 is 31.0 Å². The summed E-state index contributed by atoms with van der Waals surface area (Å²) in [6.07, 6.45) is 1.42. The lowest BCUT2D eigenvalue weighted by Gasteiger charge is -2.18. The molecule has 0 aromatic heterocycles. The molecule has 0 atom stereocenters. The Labute approximate surface area is 106 Å². The molecule has 0 saturated carbocycles. The second kappa shape index (κ2) is 9.32. The van der Waals surface area contributed by atoms with Gasteiger partial charge in [-0.1, -0.05) is 25.4 Å². The van der Waals surface area contributed by atoms with Crippen LogP contribution in [0.3, 0.4) is 0 Å². The van der Waals surface area contributed by atoms with Gasteiger partial charge in [0.2, 0.25) is 0 Å². The molecule has 16 heavy (non-hydrogen) atoms. The van der Waals surface area contributed by atoms with E-state index in [1.54, 1.807) is 0 Å². The summed E-state index contributed by atoms with van der Waals surface area (Å²) in [7, 11) is -3.58. The van der Waals surface area contributed by atoms with E-state index in [0.29, 0.717) is 26.1 Å². The van der Waals surface area contributed by atoms with Gasteiger partial charge in [0.1, 0.15) is 5.76 Å². The minimum Gasteiger partial charge on any atom is -0.406 e. The SMILES string of the molecule is CCCOP(=O)(OCCC)OC(=CCl)CCl. The first-order valence-corrected chi connectivity index (χ1v) is 7.49. The van der Waals surface area contributed by atoms with Gasteiger partial charge >= 0.3 is 7.82 Å². The Morgan fingerprint density at radius 3 is 2.06 bits per heavy atom. The molecule has 4 nitrogen and oxygen atoms in total. The average molecular weight is 291 g/mol. The Kier molecular flexibility index (Phi) is 9.47. The number of hydrogen-bond donors (Lipinski definition) is 0. The van der Waals surface area contributed by atoms with E-state index in [9.17, 15) is 4.57 Å². The Balaban J connectivity index is 4.45. The van der Waals surface area contributed by atoms with E-state index in [0.717, 1.165) is 5.54 Å². The van der Waals surface area contributed by atoms with Crippen LogP contribution in [-0.2, 0) is 18.1 Å². The average Bonchev–Trinajstić information content (AvgIpc) is 2.31. The first kappa shape index (κ1) is 16.3. The van der Waals surface area contributed by atoms with Gasteiger partial charge in [0.05, 0.1) is 19.1 Å². The van der Waals surface area contributed by atoms with Crippen molar-refractivity contribution in [1.29, 1.82) is 0 Å². The highest BCUT2D eigenvalue weighted by Crippen LogP contribution is 2.51. The van der Waals surface area contributed by atoms with E-state index in [1.807, 2.05) is 13.8 Å². The summed E-state index contributed by atoms with van der Waals surface area (Å²) in [6.45, 7) is 4.37. The third kappa shape index (κ3) is 6.77. The summed E-state index contributed by atoms with van der Waals surface area (Å²) in [6, 6.07) is 0. The van der Waals surface area contributed by atoms with Crippen LogP contribution in [0.1, 0.15) is 26.7 Å². The van der Waals surface area contributed by atoms with Crippen molar-refractivity contribution < 1.29 is 18.1 Å². The minimum atomic E-state index is -3.58. The number of allylic oxidation sites excluding steroid dienone is 1. The summed E-state index contributed by atoms with van der Waals surface area (Å²) in [5.41, 5.74) is 1.12. The molecular formula is C9H17Cl2O4P. The maximum Gasteiger partial charge on any atom is 0.529 e. The molecule has 0 N–H and O–H groups in total. The predicted octanol–water partition coefficient (Wildman–Crippen LogP) is 4.28. The summed E-state index contributed by atoms with van der Waals surface area (Å²) >= 11 is 11.0. The van der Waals surface area contributed by atoms with Gasteiger partial charge in [-0.05, 0) is 12.8 Å². The van der Waals surface area contributed by atoms with Crippen molar-refractivity contribution in [1.82, 2.24) is 0 Å². The second-order valence-electron chi connectivity index (χ2n) is 2.91. The van der Waals surface area contributed by atoms with Crippen LogP contribution in [0, 0.1) is 0 Å². The number of rotatable bonds is 9. The van der Waals surface area contributed by atoms with E-state index in [4.69, 9.17) is 36.8 Å². The van der Waals surface area contributed by atoms with Crippen LogP contribution in [0.15, 0.2) is 11.3 Å². The predicted molar refractivity (Wildman–Crippen MR) is 65.8 cm³/mol. The molecular weight excluding hydrogens is 274 g/mol. The molecule has 0 heterocycles. The Morgan fingerprint density at radius 2 is 1.75 bits per heavy atom. The monoisotopic (exact) mass is 290 g/mol. The van der Waals surface area contributed by atoms with E-state index >= 15 is 0 Å². The molecule has 0 bridgehead atoms. The smallest absolute Gasteiger partial charge is 0.406 e. The summed E-state index contributed by atoms with van der Waals surface area (Å²) in [5.74, 6) is 0.178. The van der Waals surface area contributed by atoms with Gasteiger partial charge in [0.25, 0.3) is 0 Å². The molecule has 0 aliphatic carbocycles. The van der Waals surface area contributed by atoms with Crippen molar-refractivity contribution in [2.75, 3.05) is 19.1 Å². The van der Waals surface area contributed by atoms with Crippen LogP contribution in [-0.4, -0.2) is 19.1 Å². The third-order valence-electron chi connectivity index (χ3n) is 1.39. The molecule has 0 saturated heterocycles. The standard InChI is InChI=1S/C9H17Cl2O4P/c1-3-5-13-16(12,14-6-4-2)15-9(7-10)8-11/h7H,3-6,8H2,1-2H3. The van der Waals surface area contributed by atoms with Crippen LogP contribution < -0.4 is 0 Å². The quantitative estimate of drug-likeness (QED) is 0.361. The van der Waals surface area contributed by atoms with Crippen LogP contribution in [0.5, 0.6) is 0 Å². The molecule has 0 aliphatic rings. The summed E-state index contributed by atoms with van der Waals surface area (Å²) in [4.78, 5) is 0. The molecule has 96 valence electrons. The van der Waals surface area contributed by atoms with Gasteiger partial charge in [0.15, 0.2) is 0 Å². The molecule has 0 unspecified atom stereocenters. The first-order chi connectivity index (χ1) is 7.61. The summed E-state index contributed by atoms with van der Waals surface area (Å²) in [5, 5.41) is 0. The lowest BCUT2D eigenvalue weighted by atomic mass is 10.5. The van der Waals surface area contributed by atoms with Gasteiger partial charge in [-0.2, -0.15) is 0 Å². The minimum absolute atomic E-state index is 0.0124. The zero-order valence-corrected chi connectivity index (χ0v) is 11.9. The van der Waals surface area contributed by atoms with Crippen LogP contribution in [0.4, 0.5) is 0 Å². The molecule has 7 heteroatoms. The van der Waals surface area contributed by atoms with Crippen molar-refractivity contribution in [3.63, 3.8) is 0 Å². The van der Waals surface area contributed by atoms with Crippen LogP contribution in [0.2, 0.25) is 0 Å². The molecule has 0 spiro atoms. The van der Waals surface area contributed by atoms with E-state index in [2.05, 4.69) is 0 Å². The van der Waals surface area contributed by atoms with E-state index in [-0.39, 0.29) is 11.6 Å². The lowest BCUT2D eigenvalue weighted by molar-refractivity contribution is 0.136. The Morgan fingerprint density at radius 1 is 1.25 bits per heavy atom. The van der Waals surface area contributed by atoms with Crippen molar-refractivity contribution in [3.8, 4) is 0 Å². The van der Waals surface area contributed by atoms with Gasteiger partial charge < -0.3 is 4.52 Å². The fourth-order valence-electron chi connectivity index (χ4n) is 0.713. The van der Waals surface area contributed by atoms with Crippen LogP contribution in [0.25, 0.3) is 0 Å². The first-order valence-electron chi connectivity index (χ1n) is 5.05. The zero-order valence-electron chi connectivity index (χ0n) is 9.45. The van der Waals surface area contributed by atoms with Crippen molar-refractivity contribution in [2.24, 2.45) is 0 Å². The summed E-state index contributed by atoms with van der Waals surface area (Å²) < 4.78 is 27.2. The second-order valence-corrected chi connectivity index (χ2v) is 4.99. The molecule has 0 rings (SSSR count). The van der Waals surface area contributed by atoms with E-state index in [1.165, 1.54) is 0 Å². The molecule has 0 fully saturated rings. The third-order valence-corrected chi connectivity index (χ3v) is 3.35. The number of phosphoric ester groups is 1. The van der Waals surface area contributed by atoms with Crippen LogP contribution >= 0.6 is 31.0 Å².